The quantitative estimate of drug-likeness (QED) is 0.617. The number of benzene rings is 2. The smallest absolute Gasteiger partial charge is 0.337 e. The van der Waals surface area contributed by atoms with E-state index in [-0.39, 0.29) is 10.6 Å². The highest BCUT2D eigenvalue weighted by Crippen LogP contribution is 2.21. The molecule has 2 aromatic rings. The number of carboxylic acid groups (broad SMARTS) is 1. The highest BCUT2D eigenvalue weighted by Gasteiger charge is 2.11. The van der Waals surface area contributed by atoms with Gasteiger partial charge in [0, 0.05) is 18.8 Å². The van der Waals surface area contributed by atoms with Crippen molar-refractivity contribution in [1.29, 1.82) is 0 Å². The fourth-order valence-corrected chi connectivity index (χ4v) is 2.91. The number of ether oxygens (including phenoxy) is 1. The molecule has 136 valence electrons. The number of hydrogen-bond acceptors (Lipinski definition) is 5. The Bertz CT molecular complexity index is 815. The van der Waals surface area contributed by atoms with E-state index in [4.69, 9.17) is 21.4 Å². The first-order valence-electron chi connectivity index (χ1n) is 8.31. The van der Waals surface area contributed by atoms with Gasteiger partial charge in [0.2, 0.25) is 0 Å². The number of nitrogens with zero attached hydrogens (tertiary/aromatic N) is 2. The second-order valence-electron chi connectivity index (χ2n) is 5.96. The van der Waals surface area contributed by atoms with Crippen LogP contribution in [0.3, 0.4) is 0 Å². The van der Waals surface area contributed by atoms with Crippen LogP contribution in [0.5, 0.6) is 0 Å². The Morgan fingerprint density at radius 2 is 1.88 bits per heavy atom. The van der Waals surface area contributed by atoms with Gasteiger partial charge in [0.05, 0.1) is 35.2 Å². The summed E-state index contributed by atoms with van der Waals surface area (Å²) in [5, 5.41) is 13.6. The lowest BCUT2D eigenvalue weighted by Gasteiger charge is -2.28. The lowest BCUT2D eigenvalue weighted by atomic mass is 10.1. The molecule has 1 fully saturated rings. The average Bonchev–Trinajstić information content (AvgIpc) is 2.67. The van der Waals surface area contributed by atoms with Crippen LogP contribution >= 0.6 is 11.6 Å². The molecule has 1 saturated heterocycles. The maximum Gasteiger partial charge on any atom is 0.337 e. The summed E-state index contributed by atoms with van der Waals surface area (Å²) in [5.41, 5.74) is 6.44. The van der Waals surface area contributed by atoms with Crippen LogP contribution in [0.1, 0.15) is 22.8 Å². The van der Waals surface area contributed by atoms with Crippen LogP contribution in [0.4, 0.5) is 11.4 Å². The average molecular weight is 374 g/mol. The van der Waals surface area contributed by atoms with Gasteiger partial charge in [-0.25, -0.2) is 4.79 Å². The monoisotopic (exact) mass is 373 g/mol. The summed E-state index contributed by atoms with van der Waals surface area (Å²) in [6.45, 7) is 5.20. The Hall–Kier alpha value is -2.57. The van der Waals surface area contributed by atoms with E-state index in [9.17, 15) is 4.79 Å². The standard InChI is InChI=1S/C19H20ClN3O3/c1-13(21-22-15-4-7-18(20)17(12-15)19(24)25)14-2-5-16(6-3-14)23-8-10-26-11-9-23/h2-7,12,22H,8-11H2,1H3,(H,24,25). The normalized spacial score (nSPS) is 15.0. The topological polar surface area (TPSA) is 74.2 Å². The van der Waals surface area contributed by atoms with Crippen molar-refractivity contribution in [3.8, 4) is 0 Å². The number of rotatable bonds is 5. The molecule has 0 aliphatic carbocycles. The maximum atomic E-state index is 11.1. The molecule has 3 rings (SSSR count). The van der Waals surface area contributed by atoms with Crippen LogP contribution in [0, 0.1) is 0 Å². The molecule has 1 aliphatic heterocycles. The van der Waals surface area contributed by atoms with Crippen molar-refractivity contribution >= 4 is 34.7 Å². The molecular weight excluding hydrogens is 354 g/mol. The van der Waals surface area contributed by atoms with Crippen molar-refractivity contribution in [2.45, 2.75) is 6.92 Å². The highest BCUT2D eigenvalue weighted by molar-refractivity contribution is 6.33. The zero-order chi connectivity index (χ0) is 18.5. The molecule has 2 N–H and O–H groups in total. The van der Waals surface area contributed by atoms with Crippen molar-refractivity contribution in [3.05, 3.63) is 58.6 Å². The molecule has 0 amide bonds. The number of anilines is 2. The van der Waals surface area contributed by atoms with Gasteiger partial charge in [0.1, 0.15) is 0 Å². The molecule has 0 atom stereocenters. The number of hydrazone groups is 1. The number of halogens is 1. The molecule has 0 unspecified atom stereocenters. The third kappa shape index (κ3) is 4.33. The maximum absolute atomic E-state index is 11.1. The predicted molar refractivity (Wildman–Crippen MR) is 104 cm³/mol. The minimum Gasteiger partial charge on any atom is -0.478 e. The summed E-state index contributed by atoms with van der Waals surface area (Å²) < 4.78 is 5.37. The SMILES string of the molecule is CC(=NNc1ccc(Cl)c(C(=O)O)c1)c1ccc(N2CCOCC2)cc1. The van der Waals surface area contributed by atoms with Gasteiger partial charge in [0.15, 0.2) is 0 Å². The van der Waals surface area contributed by atoms with Gasteiger partial charge in [-0.1, -0.05) is 23.7 Å². The fraction of sp³-hybridized carbons (Fsp3) is 0.263. The molecule has 0 bridgehead atoms. The van der Waals surface area contributed by atoms with E-state index >= 15 is 0 Å². The van der Waals surface area contributed by atoms with Crippen molar-refractivity contribution in [2.75, 3.05) is 36.6 Å². The Morgan fingerprint density at radius 1 is 1.19 bits per heavy atom. The van der Waals surface area contributed by atoms with Crippen LogP contribution in [-0.2, 0) is 4.74 Å². The van der Waals surface area contributed by atoms with E-state index < -0.39 is 5.97 Å². The van der Waals surface area contributed by atoms with Gasteiger partial charge in [0.25, 0.3) is 0 Å². The molecule has 1 heterocycles. The lowest BCUT2D eigenvalue weighted by molar-refractivity contribution is 0.0697. The van der Waals surface area contributed by atoms with Gasteiger partial charge in [-0.3, -0.25) is 5.43 Å². The Morgan fingerprint density at radius 3 is 2.54 bits per heavy atom. The van der Waals surface area contributed by atoms with E-state index in [0.717, 1.165) is 37.6 Å². The largest absolute Gasteiger partial charge is 0.478 e. The predicted octanol–water partition coefficient (Wildman–Crippen LogP) is 3.71. The third-order valence-electron chi connectivity index (χ3n) is 4.21. The van der Waals surface area contributed by atoms with Gasteiger partial charge < -0.3 is 14.7 Å². The first-order valence-corrected chi connectivity index (χ1v) is 8.68. The second kappa shape index (κ2) is 8.21. The highest BCUT2D eigenvalue weighted by atomic mass is 35.5. The molecule has 0 aromatic heterocycles. The third-order valence-corrected chi connectivity index (χ3v) is 4.54. The molecular formula is C19H20ClN3O3. The Labute approximate surface area is 157 Å². The zero-order valence-electron chi connectivity index (χ0n) is 14.4. The van der Waals surface area contributed by atoms with E-state index in [1.807, 2.05) is 19.1 Å². The molecule has 0 radical (unpaired) electrons. The van der Waals surface area contributed by atoms with Gasteiger partial charge in [-0.05, 0) is 42.8 Å². The number of nitrogens with one attached hydrogen (secondary N) is 1. The summed E-state index contributed by atoms with van der Waals surface area (Å²) in [6, 6.07) is 12.9. The van der Waals surface area contributed by atoms with Crippen molar-refractivity contribution in [2.24, 2.45) is 5.10 Å². The van der Waals surface area contributed by atoms with Crippen LogP contribution in [-0.4, -0.2) is 43.1 Å². The molecule has 6 nitrogen and oxygen atoms in total. The zero-order valence-corrected chi connectivity index (χ0v) is 15.2. The van der Waals surface area contributed by atoms with Crippen molar-refractivity contribution in [3.63, 3.8) is 0 Å². The van der Waals surface area contributed by atoms with E-state index in [2.05, 4.69) is 27.6 Å². The molecule has 26 heavy (non-hydrogen) atoms. The molecule has 0 saturated carbocycles. The number of hydrogen-bond donors (Lipinski definition) is 2. The first kappa shape index (κ1) is 18.2. The minimum atomic E-state index is -1.07. The fourth-order valence-electron chi connectivity index (χ4n) is 2.71. The number of carbonyl (C=O) groups is 1. The summed E-state index contributed by atoms with van der Waals surface area (Å²) in [7, 11) is 0. The summed E-state index contributed by atoms with van der Waals surface area (Å²) in [6.07, 6.45) is 0. The lowest BCUT2D eigenvalue weighted by Crippen LogP contribution is -2.36. The van der Waals surface area contributed by atoms with Crippen LogP contribution in [0.25, 0.3) is 0 Å². The van der Waals surface area contributed by atoms with E-state index in [1.54, 1.807) is 6.07 Å². The first-order chi connectivity index (χ1) is 12.5. The van der Waals surface area contributed by atoms with Crippen molar-refractivity contribution in [1.82, 2.24) is 0 Å². The number of aromatic carboxylic acids is 1. The summed E-state index contributed by atoms with van der Waals surface area (Å²) >= 11 is 5.87. The second-order valence-corrected chi connectivity index (χ2v) is 6.36. The molecule has 1 aliphatic rings. The summed E-state index contributed by atoms with van der Waals surface area (Å²) in [4.78, 5) is 13.4. The molecule has 2 aromatic carbocycles. The summed E-state index contributed by atoms with van der Waals surface area (Å²) in [5.74, 6) is -1.07. The van der Waals surface area contributed by atoms with Crippen LogP contribution < -0.4 is 10.3 Å². The molecule has 7 heteroatoms. The van der Waals surface area contributed by atoms with Crippen molar-refractivity contribution < 1.29 is 14.6 Å². The number of morpholine rings is 1. The van der Waals surface area contributed by atoms with Gasteiger partial charge in [-0.15, -0.1) is 0 Å². The van der Waals surface area contributed by atoms with E-state index in [1.165, 1.54) is 17.8 Å². The van der Waals surface area contributed by atoms with Crippen LogP contribution in [0.15, 0.2) is 47.6 Å². The van der Waals surface area contributed by atoms with Gasteiger partial charge >= 0.3 is 5.97 Å². The van der Waals surface area contributed by atoms with E-state index in [0.29, 0.717) is 5.69 Å². The minimum absolute atomic E-state index is 0.0411. The number of carboxylic acids is 1. The Balaban J connectivity index is 1.69. The Kier molecular flexibility index (Phi) is 5.75. The molecule has 0 spiro atoms. The van der Waals surface area contributed by atoms with Gasteiger partial charge in [-0.2, -0.15) is 5.10 Å². The van der Waals surface area contributed by atoms with Crippen LogP contribution in [0.2, 0.25) is 5.02 Å².